The van der Waals surface area contributed by atoms with Gasteiger partial charge in [0.1, 0.15) is 0 Å². The molecule has 196 valence electrons. The van der Waals surface area contributed by atoms with Crippen molar-refractivity contribution >= 4 is 17.0 Å². The minimum atomic E-state index is -0.826. The van der Waals surface area contributed by atoms with Gasteiger partial charge in [0.05, 0.1) is 0 Å². The van der Waals surface area contributed by atoms with Crippen molar-refractivity contribution in [3.05, 3.63) is 58.7 Å². The number of hydrogen-bond acceptors (Lipinski definition) is 0. The second kappa shape index (κ2) is 13.3. The molecule has 2 aromatic carbocycles. The molecule has 0 aliphatic heterocycles. The Hall–Kier alpha value is 0.163. The van der Waals surface area contributed by atoms with E-state index in [-0.39, 0.29) is 0 Å². The SMILES string of the molecule is C[c-]1ccc(C2(C(C)(C)C)CCCCC2)c1.C[c-]1ccc(C2(C(C)(C)C)CCCCC2)c1.[Cl][Zr+2][Cl]. The van der Waals surface area contributed by atoms with Gasteiger partial charge < -0.3 is 0 Å². The van der Waals surface area contributed by atoms with E-state index in [1.165, 1.54) is 75.3 Å². The van der Waals surface area contributed by atoms with Crippen LogP contribution in [0.2, 0.25) is 0 Å². The molecule has 2 fully saturated rings. The van der Waals surface area contributed by atoms with Crippen molar-refractivity contribution in [1.29, 1.82) is 0 Å². The molecule has 3 heteroatoms. The third-order valence-corrected chi connectivity index (χ3v) is 9.21. The summed E-state index contributed by atoms with van der Waals surface area (Å²) in [5, 5.41) is 0. The Kier molecular flexibility index (Phi) is 11.9. The first kappa shape index (κ1) is 31.4. The molecule has 0 aromatic heterocycles. The first-order chi connectivity index (χ1) is 16.3. The first-order valence-corrected chi connectivity index (χ1v) is 20.1. The van der Waals surface area contributed by atoms with Crippen molar-refractivity contribution in [2.45, 2.75) is 130 Å². The number of halogens is 2. The van der Waals surface area contributed by atoms with Crippen LogP contribution in [-0.4, -0.2) is 0 Å². The van der Waals surface area contributed by atoms with Crippen molar-refractivity contribution < 1.29 is 20.8 Å². The molecule has 0 atom stereocenters. The zero-order chi connectivity index (χ0) is 26.3. The van der Waals surface area contributed by atoms with Gasteiger partial charge in [0.25, 0.3) is 0 Å². The average Bonchev–Trinajstić information content (AvgIpc) is 3.43. The monoisotopic (exact) mass is 594 g/mol. The molecule has 0 N–H and O–H groups in total. The van der Waals surface area contributed by atoms with E-state index in [9.17, 15) is 0 Å². The molecule has 4 rings (SSSR count). The van der Waals surface area contributed by atoms with E-state index >= 15 is 0 Å². The zero-order valence-corrected chi connectivity index (χ0v) is 27.8. The third-order valence-electron chi connectivity index (χ3n) is 9.21. The topological polar surface area (TPSA) is 0 Å². The van der Waals surface area contributed by atoms with Gasteiger partial charge in [-0.25, -0.2) is 12.1 Å². The Morgan fingerprint density at radius 2 is 0.914 bits per heavy atom. The summed E-state index contributed by atoms with van der Waals surface area (Å²) in [4.78, 5) is 0. The molecule has 0 nitrogen and oxygen atoms in total. The van der Waals surface area contributed by atoms with Crippen LogP contribution in [0.1, 0.15) is 128 Å². The molecule has 0 radical (unpaired) electrons. The van der Waals surface area contributed by atoms with Crippen molar-refractivity contribution in [2.75, 3.05) is 0 Å². The van der Waals surface area contributed by atoms with Crippen LogP contribution in [0, 0.1) is 24.7 Å². The van der Waals surface area contributed by atoms with Crippen LogP contribution >= 0.6 is 17.0 Å². The molecule has 0 saturated heterocycles. The van der Waals surface area contributed by atoms with Gasteiger partial charge in [-0.15, -0.1) is 0 Å². The Bertz CT molecular complexity index is 790. The van der Waals surface area contributed by atoms with Crippen LogP contribution in [0.3, 0.4) is 0 Å². The normalized spacial score (nSPS) is 19.5. The van der Waals surface area contributed by atoms with E-state index < -0.39 is 20.8 Å². The van der Waals surface area contributed by atoms with Crippen molar-refractivity contribution in [3.8, 4) is 0 Å². The van der Waals surface area contributed by atoms with Gasteiger partial charge in [-0.2, -0.15) is 46.5 Å². The maximum absolute atomic E-state index is 4.93. The molecule has 0 spiro atoms. The van der Waals surface area contributed by atoms with Crippen LogP contribution in [0.5, 0.6) is 0 Å². The van der Waals surface area contributed by atoms with Crippen LogP contribution < -0.4 is 0 Å². The van der Waals surface area contributed by atoms with E-state index in [0.717, 1.165) is 0 Å². The second-order valence-corrected chi connectivity index (χ2v) is 16.9. The standard InChI is InChI=1S/2C16H25.2ClH.Zr/c2*1-13-8-9-14(12-13)16(15(2,3)4)10-6-5-7-11-16;;;/h2*8-9,12H,5-7,10-11H2,1-4H3;2*1H;/q2*-1;;;+4/p-2. The van der Waals surface area contributed by atoms with Crippen molar-refractivity contribution in [1.82, 2.24) is 0 Å². The van der Waals surface area contributed by atoms with E-state index in [1.54, 1.807) is 11.1 Å². The third kappa shape index (κ3) is 7.61. The summed E-state index contributed by atoms with van der Waals surface area (Å²) in [5.41, 5.74) is 7.66. The molecule has 0 bridgehead atoms. The van der Waals surface area contributed by atoms with Gasteiger partial charge in [0.2, 0.25) is 0 Å². The van der Waals surface area contributed by atoms with Crippen molar-refractivity contribution in [3.63, 3.8) is 0 Å². The molecule has 0 unspecified atom stereocenters. The Labute approximate surface area is 236 Å². The van der Waals surface area contributed by atoms with E-state index in [2.05, 4.69) is 91.8 Å². The molecule has 2 aliphatic rings. The fourth-order valence-electron chi connectivity index (χ4n) is 6.97. The van der Waals surface area contributed by atoms with Crippen LogP contribution in [-0.2, 0) is 31.7 Å². The molecule has 2 aromatic rings. The van der Waals surface area contributed by atoms with Gasteiger partial charge in [-0.05, 0) is 10.8 Å². The summed E-state index contributed by atoms with van der Waals surface area (Å²) < 4.78 is 0. The Balaban J connectivity index is 0.000000222. The molecule has 2 saturated carbocycles. The number of rotatable bonds is 2. The summed E-state index contributed by atoms with van der Waals surface area (Å²) in [6, 6.07) is 14.1. The van der Waals surface area contributed by atoms with E-state index in [0.29, 0.717) is 21.7 Å². The molecular formula is C32H50Cl2Zr. The number of aryl methyl sites for hydroxylation is 2. The molecular weight excluding hydrogens is 546 g/mol. The van der Waals surface area contributed by atoms with E-state index in [4.69, 9.17) is 17.0 Å². The van der Waals surface area contributed by atoms with Crippen LogP contribution in [0.4, 0.5) is 0 Å². The van der Waals surface area contributed by atoms with Crippen LogP contribution in [0.25, 0.3) is 0 Å². The average molecular weight is 597 g/mol. The Morgan fingerprint density at radius 1 is 0.629 bits per heavy atom. The molecule has 0 amide bonds. The minimum absolute atomic E-state index is 0.383. The van der Waals surface area contributed by atoms with Gasteiger partial charge in [-0.3, -0.25) is 0 Å². The van der Waals surface area contributed by atoms with Gasteiger partial charge in [-0.1, -0.05) is 130 Å². The second-order valence-electron chi connectivity index (χ2n) is 13.2. The summed E-state index contributed by atoms with van der Waals surface area (Å²) in [7, 11) is 9.87. The van der Waals surface area contributed by atoms with Gasteiger partial charge in [0.15, 0.2) is 0 Å². The first-order valence-electron chi connectivity index (χ1n) is 13.8. The fraction of sp³-hybridized carbons (Fsp3) is 0.688. The Morgan fingerprint density at radius 3 is 1.11 bits per heavy atom. The number of hydrogen-bond donors (Lipinski definition) is 0. The molecule has 0 heterocycles. The predicted octanol–water partition coefficient (Wildman–Crippen LogP) is 11.3. The predicted molar refractivity (Wildman–Crippen MR) is 154 cm³/mol. The summed E-state index contributed by atoms with van der Waals surface area (Å²) in [6.45, 7) is 18.9. The quantitative estimate of drug-likeness (QED) is 0.303. The van der Waals surface area contributed by atoms with Crippen LogP contribution in [0.15, 0.2) is 36.4 Å². The summed E-state index contributed by atoms with van der Waals surface area (Å²) in [6.07, 6.45) is 14.0. The van der Waals surface area contributed by atoms with Crippen molar-refractivity contribution in [2.24, 2.45) is 10.8 Å². The molecule has 2 aliphatic carbocycles. The van der Waals surface area contributed by atoms with Gasteiger partial charge in [0, 0.05) is 0 Å². The fourth-order valence-corrected chi connectivity index (χ4v) is 6.97. The maximum atomic E-state index is 4.93. The summed E-state index contributed by atoms with van der Waals surface area (Å²) in [5.74, 6) is 0. The van der Waals surface area contributed by atoms with E-state index in [1.807, 2.05) is 0 Å². The summed E-state index contributed by atoms with van der Waals surface area (Å²) >= 11 is -0.826. The zero-order valence-electron chi connectivity index (χ0n) is 23.8. The van der Waals surface area contributed by atoms with Gasteiger partial charge >= 0.3 is 37.9 Å². The molecule has 35 heavy (non-hydrogen) atoms.